The quantitative estimate of drug-likeness (QED) is 0.315. The van der Waals surface area contributed by atoms with Crippen molar-refractivity contribution in [3.05, 3.63) is 71.8 Å². The molecule has 0 radical (unpaired) electrons. The van der Waals surface area contributed by atoms with Gasteiger partial charge >= 0.3 is 0 Å². The van der Waals surface area contributed by atoms with E-state index < -0.39 is 5.92 Å². The third-order valence-corrected chi connectivity index (χ3v) is 7.40. The van der Waals surface area contributed by atoms with Crippen LogP contribution in [-0.4, -0.2) is 57.2 Å². The monoisotopic (exact) mass is 503 g/mol. The largest absolute Gasteiger partial charge is 0.495 e. The number of para-hydroxylation sites is 2. The lowest BCUT2D eigenvalue weighted by atomic mass is 9.87. The van der Waals surface area contributed by atoms with E-state index >= 15 is 0 Å². The number of ether oxygens (including phenoxy) is 3. The Morgan fingerprint density at radius 1 is 0.917 bits per heavy atom. The summed E-state index contributed by atoms with van der Waals surface area (Å²) >= 11 is 1.44. The second-order valence-corrected chi connectivity index (χ2v) is 9.88. The number of amides is 1. The Bertz CT molecular complexity index is 1310. The Kier molecular flexibility index (Phi) is 6.80. The number of thiazole rings is 1. The zero-order valence-electron chi connectivity index (χ0n) is 20.9. The minimum atomic E-state index is -0.499. The fourth-order valence-corrected chi connectivity index (χ4v) is 5.67. The fraction of sp³-hybridized carbons (Fsp3) is 0.286. The fourth-order valence-electron chi connectivity index (χ4n) is 4.57. The van der Waals surface area contributed by atoms with Crippen molar-refractivity contribution < 1.29 is 19.0 Å². The van der Waals surface area contributed by atoms with Crippen LogP contribution in [0.4, 0.5) is 5.13 Å². The van der Waals surface area contributed by atoms with E-state index in [1.165, 1.54) is 11.3 Å². The number of fused-ring (bicyclic) bond motifs is 3. The normalized spacial score (nSPS) is 12.7. The summed E-state index contributed by atoms with van der Waals surface area (Å²) in [6.45, 7) is 1.38. The van der Waals surface area contributed by atoms with Gasteiger partial charge in [-0.05, 0) is 51.3 Å². The molecule has 8 heteroatoms. The van der Waals surface area contributed by atoms with E-state index in [-0.39, 0.29) is 5.91 Å². The van der Waals surface area contributed by atoms with Crippen molar-refractivity contribution in [3.8, 4) is 23.0 Å². The number of carbonyl (C=O) groups is 1. The van der Waals surface area contributed by atoms with E-state index in [1.807, 2.05) is 79.7 Å². The first-order valence-electron chi connectivity index (χ1n) is 11.8. The Balaban J connectivity index is 1.62. The van der Waals surface area contributed by atoms with E-state index in [1.54, 1.807) is 14.2 Å². The van der Waals surface area contributed by atoms with E-state index in [4.69, 9.17) is 19.2 Å². The lowest BCUT2D eigenvalue weighted by Gasteiger charge is -2.31. The number of hydrogen-bond donors (Lipinski definition) is 0. The van der Waals surface area contributed by atoms with Crippen molar-refractivity contribution in [2.45, 2.75) is 12.3 Å². The lowest BCUT2D eigenvalue weighted by Crippen LogP contribution is -2.38. The maximum atomic E-state index is 14.4. The van der Waals surface area contributed by atoms with Gasteiger partial charge in [-0.15, -0.1) is 0 Å². The molecule has 1 amide bonds. The molecule has 7 nitrogen and oxygen atoms in total. The van der Waals surface area contributed by atoms with E-state index in [9.17, 15) is 4.79 Å². The van der Waals surface area contributed by atoms with Crippen LogP contribution >= 0.6 is 11.3 Å². The first-order valence-corrected chi connectivity index (χ1v) is 12.7. The molecular weight excluding hydrogens is 474 g/mol. The molecule has 3 aromatic carbocycles. The molecule has 0 bridgehead atoms. The summed E-state index contributed by atoms with van der Waals surface area (Å²) in [5, 5.41) is 0.623. The van der Waals surface area contributed by atoms with Crippen LogP contribution in [0.2, 0.25) is 0 Å². The van der Waals surface area contributed by atoms with Crippen molar-refractivity contribution in [1.82, 2.24) is 9.88 Å². The summed E-state index contributed by atoms with van der Waals surface area (Å²) in [6, 6.07) is 19.2. The molecule has 2 heterocycles. The molecule has 0 N–H and O–H groups in total. The highest BCUT2D eigenvalue weighted by atomic mass is 32.1. The molecule has 0 spiro atoms. The van der Waals surface area contributed by atoms with E-state index in [0.29, 0.717) is 40.2 Å². The number of nitrogens with zero attached hydrogens (tertiary/aromatic N) is 3. The highest BCUT2D eigenvalue weighted by Crippen LogP contribution is 2.46. The Morgan fingerprint density at radius 2 is 1.53 bits per heavy atom. The third kappa shape index (κ3) is 4.38. The summed E-state index contributed by atoms with van der Waals surface area (Å²) in [5.74, 6) is 2.23. The predicted molar refractivity (Wildman–Crippen MR) is 143 cm³/mol. The second kappa shape index (κ2) is 10.2. The SMILES string of the molecule is COc1ccc(OC)c2sc(N(CCCN(C)C)C(=O)C3c4ccccc4Oc4ccccc43)nc12. The summed E-state index contributed by atoms with van der Waals surface area (Å²) in [6.07, 6.45) is 0.801. The molecule has 0 fully saturated rings. The molecule has 0 aliphatic carbocycles. The van der Waals surface area contributed by atoms with Crippen molar-refractivity contribution in [1.29, 1.82) is 0 Å². The number of benzene rings is 3. The van der Waals surface area contributed by atoms with Crippen LogP contribution in [0.5, 0.6) is 23.0 Å². The summed E-state index contributed by atoms with van der Waals surface area (Å²) in [4.78, 5) is 23.3. The third-order valence-electron chi connectivity index (χ3n) is 6.31. The minimum Gasteiger partial charge on any atom is -0.495 e. The van der Waals surface area contributed by atoms with Gasteiger partial charge in [0.1, 0.15) is 33.2 Å². The van der Waals surface area contributed by atoms with E-state index in [0.717, 1.165) is 28.8 Å². The van der Waals surface area contributed by atoms with Gasteiger partial charge in [-0.3, -0.25) is 9.69 Å². The zero-order chi connectivity index (χ0) is 25.2. The maximum absolute atomic E-state index is 14.4. The first kappa shape index (κ1) is 24.1. The Morgan fingerprint density at radius 3 is 2.14 bits per heavy atom. The predicted octanol–water partition coefficient (Wildman–Crippen LogP) is 5.54. The molecule has 4 aromatic rings. The van der Waals surface area contributed by atoms with E-state index in [2.05, 4.69) is 4.90 Å². The molecule has 0 unspecified atom stereocenters. The molecule has 0 saturated carbocycles. The molecular formula is C28H29N3O4S. The molecule has 1 aromatic heterocycles. The molecule has 0 saturated heterocycles. The average molecular weight is 504 g/mol. The first-order chi connectivity index (χ1) is 17.5. The highest BCUT2D eigenvalue weighted by Gasteiger charge is 2.36. The number of anilines is 1. The Labute approximate surface area is 214 Å². The van der Waals surface area contributed by atoms with Crippen molar-refractivity contribution >= 4 is 32.6 Å². The van der Waals surface area contributed by atoms with Crippen LogP contribution in [0.25, 0.3) is 10.2 Å². The van der Waals surface area contributed by atoms with Gasteiger partial charge in [0.05, 0.1) is 20.1 Å². The number of carbonyl (C=O) groups excluding carboxylic acids is 1. The maximum Gasteiger partial charge on any atom is 0.241 e. The zero-order valence-corrected chi connectivity index (χ0v) is 21.7. The minimum absolute atomic E-state index is 0.0334. The standard InChI is InChI=1S/C28H29N3O4S/c1-30(2)16-9-17-31(28-29-25-22(33-3)14-15-23(34-4)26(25)36-28)27(32)24-18-10-5-7-12-20(18)35-21-13-8-6-11-19(21)24/h5-8,10-15,24H,9,16-17H2,1-4H3. The van der Waals surface area contributed by atoms with Crippen LogP contribution in [0.1, 0.15) is 23.5 Å². The van der Waals surface area contributed by atoms with Crippen LogP contribution in [0.15, 0.2) is 60.7 Å². The molecule has 1 aliphatic heterocycles. The summed E-state index contributed by atoms with van der Waals surface area (Å²) < 4.78 is 18.1. The number of hydrogen-bond acceptors (Lipinski definition) is 7. The highest BCUT2D eigenvalue weighted by molar-refractivity contribution is 7.22. The van der Waals surface area contributed by atoms with Gasteiger partial charge in [0.15, 0.2) is 5.13 Å². The van der Waals surface area contributed by atoms with Gasteiger partial charge < -0.3 is 19.1 Å². The van der Waals surface area contributed by atoms with Crippen molar-refractivity contribution in [3.63, 3.8) is 0 Å². The summed E-state index contributed by atoms with van der Waals surface area (Å²) in [5.41, 5.74) is 2.40. The van der Waals surface area contributed by atoms with Gasteiger partial charge in [0.25, 0.3) is 0 Å². The number of aromatic nitrogens is 1. The Hall–Kier alpha value is -3.62. The van der Waals surface area contributed by atoms with Gasteiger partial charge in [0, 0.05) is 17.7 Å². The number of rotatable bonds is 8. The van der Waals surface area contributed by atoms with Crippen LogP contribution in [0, 0.1) is 0 Å². The van der Waals surface area contributed by atoms with Gasteiger partial charge in [0.2, 0.25) is 5.91 Å². The van der Waals surface area contributed by atoms with Crippen molar-refractivity contribution in [2.75, 3.05) is 46.3 Å². The second-order valence-electron chi connectivity index (χ2n) is 8.90. The van der Waals surface area contributed by atoms with Crippen molar-refractivity contribution in [2.24, 2.45) is 0 Å². The smallest absolute Gasteiger partial charge is 0.241 e. The molecule has 36 heavy (non-hydrogen) atoms. The molecule has 1 aliphatic rings. The van der Waals surface area contributed by atoms with Crippen LogP contribution < -0.4 is 19.1 Å². The lowest BCUT2D eigenvalue weighted by molar-refractivity contribution is -0.119. The van der Waals surface area contributed by atoms with Gasteiger partial charge in [-0.2, -0.15) is 0 Å². The topological polar surface area (TPSA) is 64.1 Å². The summed E-state index contributed by atoms with van der Waals surface area (Å²) in [7, 11) is 7.32. The number of methoxy groups -OCH3 is 2. The molecule has 5 rings (SSSR count). The van der Waals surface area contributed by atoms with Crippen LogP contribution in [0.3, 0.4) is 0 Å². The van der Waals surface area contributed by atoms with Crippen LogP contribution in [-0.2, 0) is 4.79 Å². The van der Waals surface area contributed by atoms with Gasteiger partial charge in [-0.25, -0.2) is 4.98 Å². The average Bonchev–Trinajstić information content (AvgIpc) is 3.33. The van der Waals surface area contributed by atoms with Gasteiger partial charge in [-0.1, -0.05) is 47.7 Å². The molecule has 0 atom stereocenters. The molecule has 186 valence electrons.